The van der Waals surface area contributed by atoms with Crippen molar-refractivity contribution in [1.82, 2.24) is 0 Å². The molecule has 0 aromatic carbocycles. The maximum Gasteiger partial charge on any atom is 0.305 e. The average molecular weight is 248 g/mol. The van der Waals surface area contributed by atoms with Crippen molar-refractivity contribution in [2.75, 3.05) is 19.8 Å². The van der Waals surface area contributed by atoms with Crippen LogP contribution in [-0.4, -0.2) is 47.1 Å². The van der Waals surface area contributed by atoms with Crippen LogP contribution in [0.2, 0.25) is 0 Å². The van der Waals surface area contributed by atoms with E-state index in [1.165, 1.54) is 0 Å². The van der Waals surface area contributed by atoms with E-state index in [9.17, 15) is 9.59 Å². The predicted octanol–water partition coefficient (Wildman–Crippen LogP) is 0.165. The summed E-state index contributed by atoms with van der Waals surface area (Å²) >= 11 is 0. The van der Waals surface area contributed by atoms with Crippen LogP contribution in [0.15, 0.2) is 0 Å². The van der Waals surface area contributed by atoms with Crippen molar-refractivity contribution in [3.63, 3.8) is 0 Å². The molecule has 0 aromatic heterocycles. The summed E-state index contributed by atoms with van der Waals surface area (Å²) in [5.41, 5.74) is -0.803. The Morgan fingerprint density at radius 3 is 2.18 bits per heavy atom. The molecule has 0 rings (SSSR count). The highest BCUT2D eigenvalue weighted by Crippen LogP contribution is 2.21. The van der Waals surface area contributed by atoms with Gasteiger partial charge in [-0.3, -0.25) is 9.59 Å². The second-order valence-corrected chi connectivity index (χ2v) is 4.08. The highest BCUT2D eigenvalue weighted by Gasteiger charge is 2.28. The lowest BCUT2D eigenvalue weighted by molar-refractivity contribution is -0.150. The second kappa shape index (κ2) is 8.03. The number of rotatable bonds is 9. The van der Waals surface area contributed by atoms with Crippen LogP contribution in [0.4, 0.5) is 0 Å². The number of aliphatic hydroxyl groups is 2. The molecule has 0 fully saturated rings. The van der Waals surface area contributed by atoms with Gasteiger partial charge in [0.2, 0.25) is 0 Å². The van der Waals surface area contributed by atoms with E-state index in [0.29, 0.717) is 6.42 Å². The SMILES string of the molecule is CCC(CO)(CO)COC(=O)CCCC(=O)O. The Bertz CT molecular complexity index is 238. The van der Waals surface area contributed by atoms with Crippen LogP contribution >= 0.6 is 0 Å². The molecule has 0 radical (unpaired) electrons. The molecule has 0 unspecified atom stereocenters. The lowest BCUT2D eigenvalue weighted by Crippen LogP contribution is -2.35. The van der Waals surface area contributed by atoms with Crippen LogP contribution in [0, 0.1) is 5.41 Å². The molecule has 0 aromatic rings. The number of carboxylic acids is 1. The van der Waals surface area contributed by atoms with Crippen molar-refractivity contribution in [3.8, 4) is 0 Å². The predicted molar refractivity (Wildman–Crippen MR) is 59.3 cm³/mol. The second-order valence-electron chi connectivity index (χ2n) is 4.08. The van der Waals surface area contributed by atoms with Gasteiger partial charge in [-0.2, -0.15) is 0 Å². The van der Waals surface area contributed by atoms with E-state index in [4.69, 9.17) is 20.1 Å². The van der Waals surface area contributed by atoms with Crippen molar-refractivity contribution in [3.05, 3.63) is 0 Å². The first-order valence-electron chi connectivity index (χ1n) is 5.59. The molecule has 0 atom stereocenters. The fourth-order valence-electron chi connectivity index (χ4n) is 1.16. The summed E-state index contributed by atoms with van der Waals surface area (Å²) in [4.78, 5) is 21.5. The molecule has 0 saturated heterocycles. The van der Waals surface area contributed by atoms with Crippen molar-refractivity contribution < 1.29 is 29.6 Å². The van der Waals surface area contributed by atoms with E-state index in [-0.39, 0.29) is 39.1 Å². The van der Waals surface area contributed by atoms with Crippen LogP contribution < -0.4 is 0 Å². The molecule has 0 bridgehead atoms. The van der Waals surface area contributed by atoms with Gasteiger partial charge in [-0.15, -0.1) is 0 Å². The summed E-state index contributed by atoms with van der Waals surface area (Å²) in [6.45, 7) is 1.21. The summed E-state index contributed by atoms with van der Waals surface area (Å²) in [6.07, 6.45) is 0.672. The topological polar surface area (TPSA) is 104 Å². The first-order valence-corrected chi connectivity index (χ1v) is 5.59. The number of aliphatic carboxylic acids is 1. The van der Waals surface area contributed by atoms with Crippen LogP contribution in [0.25, 0.3) is 0 Å². The normalized spacial score (nSPS) is 11.2. The molecular formula is C11H20O6. The summed E-state index contributed by atoms with van der Waals surface area (Å²) in [7, 11) is 0. The van der Waals surface area contributed by atoms with Crippen molar-refractivity contribution >= 4 is 11.9 Å². The molecule has 6 heteroatoms. The fourth-order valence-corrected chi connectivity index (χ4v) is 1.16. The Morgan fingerprint density at radius 2 is 1.76 bits per heavy atom. The van der Waals surface area contributed by atoms with Gasteiger partial charge in [0.25, 0.3) is 0 Å². The molecule has 0 aliphatic rings. The van der Waals surface area contributed by atoms with Crippen LogP contribution in [0.1, 0.15) is 32.6 Å². The van der Waals surface area contributed by atoms with Gasteiger partial charge in [0.15, 0.2) is 0 Å². The van der Waals surface area contributed by atoms with Gasteiger partial charge < -0.3 is 20.1 Å². The number of carbonyl (C=O) groups is 2. The van der Waals surface area contributed by atoms with Gasteiger partial charge in [0.1, 0.15) is 6.61 Å². The van der Waals surface area contributed by atoms with Gasteiger partial charge in [0.05, 0.1) is 18.6 Å². The van der Waals surface area contributed by atoms with Crippen LogP contribution in [0.3, 0.4) is 0 Å². The number of hydrogen-bond acceptors (Lipinski definition) is 5. The average Bonchev–Trinajstić information content (AvgIpc) is 2.31. The van der Waals surface area contributed by atoms with E-state index < -0.39 is 17.4 Å². The quantitative estimate of drug-likeness (QED) is 0.502. The number of aliphatic hydroxyl groups excluding tert-OH is 2. The molecule has 0 heterocycles. The fraction of sp³-hybridized carbons (Fsp3) is 0.818. The zero-order valence-electron chi connectivity index (χ0n) is 10.0. The maximum atomic E-state index is 11.2. The molecule has 0 aliphatic carbocycles. The van der Waals surface area contributed by atoms with E-state index in [1.54, 1.807) is 6.92 Å². The molecule has 0 saturated carbocycles. The Labute approximate surface area is 100 Å². The lowest BCUT2D eigenvalue weighted by atomic mass is 9.88. The minimum atomic E-state index is -0.952. The molecule has 6 nitrogen and oxygen atoms in total. The van der Waals surface area contributed by atoms with Crippen molar-refractivity contribution in [2.24, 2.45) is 5.41 Å². The monoisotopic (exact) mass is 248 g/mol. The summed E-state index contributed by atoms with van der Waals surface area (Å²) in [5.74, 6) is -1.46. The van der Waals surface area contributed by atoms with E-state index in [0.717, 1.165) is 0 Å². The first-order chi connectivity index (χ1) is 7.99. The number of carbonyl (C=O) groups excluding carboxylic acids is 1. The summed E-state index contributed by atoms with van der Waals surface area (Å²) in [6, 6.07) is 0. The van der Waals surface area contributed by atoms with Gasteiger partial charge in [0, 0.05) is 12.8 Å². The molecule has 17 heavy (non-hydrogen) atoms. The zero-order valence-corrected chi connectivity index (χ0v) is 10.0. The van der Waals surface area contributed by atoms with Gasteiger partial charge in [-0.1, -0.05) is 6.92 Å². The lowest BCUT2D eigenvalue weighted by Gasteiger charge is -2.27. The number of carboxylic acid groups (broad SMARTS) is 1. The largest absolute Gasteiger partial charge is 0.481 e. The van der Waals surface area contributed by atoms with Crippen molar-refractivity contribution in [2.45, 2.75) is 32.6 Å². The molecule has 0 spiro atoms. The molecule has 100 valence electrons. The number of hydrogen-bond donors (Lipinski definition) is 3. The minimum Gasteiger partial charge on any atom is -0.481 e. The Balaban J connectivity index is 3.92. The van der Waals surface area contributed by atoms with Gasteiger partial charge in [-0.25, -0.2) is 0 Å². The van der Waals surface area contributed by atoms with E-state index in [1.807, 2.05) is 0 Å². The first kappa shape index (κ1) is 15.9. The summed E-state index contributed by atoms with van der Waals surface area (Å²) < 4.78 is 4.91. The van der Waals surface area contributed by atoms with Gasteiger partial charge >= 0.3 is 11.9 Å². The molecule has 0 amide bonds. The zero-order chi connectivity index (χ0) is 13.3. The molecular weight excluding hydrogens is 228 g/mol. The van der Waals surface area contributed by atoms with E-state index in [2.05, 4.69) is 0 Å². The maximum absolute atomic E-state index is 11.2. The third kappa shape index (κ3) is 6.23. The molecule has 0 aliphatic heterocycles. The Morgan fingerprint density at radius 1 is 1.18 bits per heavy atom. The van der Waals surface area contributed by atoms with Gasteiger partial charge in [-0.05, 0) is 12.8 Å². The number of ether oxygens (including phenoxy) is 1. The standard InChI is InChI=1S/C11H20O6/c1-2-11(6-12,7-13)8-17-10(16)5-3-4-9(14)15/h12-13H,2-8H2,1H3,(H,14,15). The third-order valence-corrected chi connectivity index (χ3v) is 2.73. The smallest absolute Gasteiger partial charge is 0.305 e. The Hall–Kier alpha value is -1.14. The Kier molecular flexibility index (Phi) is 7.49. The third-order valence-electron chi connectivity index (χ3n) is 2.73. The summed E-state index contributed by atoms with van der Waals surface area (Å²) in [5, 5.41) is 26.6. The highest BCUT2D eigenvalue weighted by atomic mass is 16.5. The highest BCUT2D eigenvalue weighted by molar-refractivity contribution is 5.71. The molecule has 3 N–H and O–H groups in total. The van der Waals surface area contributed by atoms with Crippen molar-refractivity contribution in [1.29, 1.82) is 0 Å². The minimum absolute atomic E-state index is 0.0307. The van der Waals surface area contributed by atoms with Crippen LogP contribution in [-0.2, 0) is 14.3 Å². The number of esters is 1. The van der Waals surface area contributed by atoms with Crippen LogP contribution in [0.5, 0.6) is 0 Å². The van der Waals surface area contributed by atoms with E-state index >= 15 is 0 Å².